The molecule has 1 aromatic heterocycles. The number of hydrogen-bond acceptors (Lipinski definition) is 8. The second kappa shape index (κ2) is 11.8. The van der Waals surface area contributed by atoms with Crippen LogP contribution in [0.2, 0.25) is 0 Å². The SMILES string of the molecule is CC(C)Oc1ccc(-c2nc(-c3ccc4c(c3)CCN(CCCC(=O)OC(C)(C)C)CC4)no2)cc1C#N. The van der Waals surface area contributed by atoms with Crippen molar-refractivity contribution in [1.29, 1.82) is 5.26 Å². The molecule has 2 heterocycles. The number of carbonyl (C=O) groups excluding carboxylic acids is 1. The summed E-state index contributed by atoms with van der Waals surface area (Å²) in [6.07, 6.45) is 3.08. The molecule has 2 aromatic carbocycles. The van der Waals surface area contributed by atoms with Gasteiger partial charge < -0.3 is 18.9 Å². The van der Waals surface area contributed by atoms with Gasteiger partial charge in [0.05, 0.1) is 11.7 Å². The molecule has 0 atom stereocenters. The fourth-order valence-electron chi connectivity index (χ4n) is 4.54. The van der Waals surface area contributed by atoms with Crippen LogP contribution in [0.25, 0.3) is 22.8 Å². The Labute approximate surface area is 224 Å². The third-order valence-electron chi connectivity index (χ3n) is 6.27. The summed E-state index contributed by atoms with van der Waals surface area (Å²) in [5, 5.41) is 13.7. The van der Waals surface area contributed by atoms with E-state index in [9.17, 15) is 10.1 Å². The number of esters is 1. The van der Waals surface area contributed by atoms with Crippen LogP contribution in [0.1, 0.15) is 64.2 Å². The van der Waals surface area contributed by atoms with Gasteiger partial charge in [0.1, 0.15) is 17.4 Å². The van der Waals surface area contributed by atoms with Crippen molar-refractivity contribution in [1.82, 2.24) is 15.0 Å². The molecular weight excluding hydrogens is 480 g/mol. The number of carbonyl (C=O) groups is 1. The first kappa shape index (κ1) is 27.3. The summed E-state index contributed by atoms with van der Waals surface area (Å²) in [5.74, 6) is 1.28. The van der Waals surface area contributed by atoms with Gasteiger partial charge in [-0.05, 0) is 95.8 Å². The Kier molecular flexibility index (Phi) is 8.48. The van der Waals surface area contributed by atoms with Gasteiger partial charge in [0, 0.05) is 30.6 Å². The first-order valence-electron chi connectivity index (χ1n) is 13.2. The number of fused-ring (bicyclic) bond motifs is 1. The van der Waals surface area contributed by atoms with E-state index in [1.807, 2.05) is 46.8 Å². The molecule has 8 nitrogen and oxygen atoms in total. The van der Waals surface area contributed by atoms with Gasteiger partial charge >= 0.3 is 5.97 Å². The summed E-state index contributed by atoms with van der Waals surface area (Å²) >= 11 is 0. The van der Waals surface area contributed by atoms with Gasteiger partial charge in [-0.15, -0.1) is 0 Å². The molecule has 1 aliphatic heterocycles. The number of aromatic nitrogens is 2. The van der Waals surface area contributed by atoms with Crippen molar-refractivity contribution in [2.75, 3.05) is 19.6 Å². The van der Waals surface area contributed by atoms with Crippen LogP contribution < -0.4 is 4.74 Å². The van der Waals surface area contributed by atoms with Crippen molar-refractivity contribution in [2.45, 2.75) is 72.0 Å². The second-order valence-electron chi connectivity index (χ2n) is 10.9. The Balaban J connectivity index is 1.39. The van der Waals surface area contributed by atoms with Gasteiger partial charge in [-0.25, -0.2) is 0 Å². The monoisotopic (exact) mass is 516 g/mol. The second-order valence-corrected chi connectivity index (χ2v) is 10.9. The van der Waals surface area contributed by atoms with Crippen LogP contribution in [0, 0.1) is 11.3 Å². The molecule has 4 rings (SSSR count). The van der Waals surface area contributed by atoms with Crippen molar-refractivity contribution < 1.29 is 18.8 Å². The van der Waals surface area contributed by atoms with Crippen LogP contribution in [0.15, 0.2) is 40.9 Å². The lowest BCUT2D eigenvalue weighted by atomic mass is 10.00. The lowest BCUT2D eigenvalue weighted by Gasteiger charge is -2.21. The van der Waals surface area contributed by atoms with Crippen LogP contribution in [0.3, 0.4) is 0 Å². The molecule has 0 amide bonds. The van der Waals surface area contributed by atoms with E-state index in [4.69, 9.17) is 14.0 Å². The normalized spacial score (nSPS) is 14.0. The van der Waals surface area contributed by atoms with E-state index in [-0.39, 0.29) is 12.1 Å². The predicted octanol–water partition coefficient (Wildman–Crippen LogP) is 5.58. The van der Waals surface area contributed by atoms with E-state index in [1.54, 1.807) is 12.1 Å². The number of nitrogens with zero attached hydrogens (tertiary/aromatic N) is 4. The van der Waals surface area contributed by atoms with Crippen molar-refractivity contribution in [2.24, 2.45) is 0 Å². The minimum Gasteiger partial charge on any atom is -0.490 e. The Morgan fingerprint density at radius 1 is 1.11 bits per heavy atom. The summed E-state index contributed by atoms with van der Waals surface area (Å²) in [7, 11) is 0. The predicted molar refractivity (Wildman–Crippen MR) is 145 cm³/mol. The first-order chi connectivity index (χ1) is 18.1. The van der Waals surface area contributed by atoms with E-state index in [0.29, 0.717) is 35.0 Å². The minimum absolute atomic E-state index is 0.0273. The Bertz CT molecular complexity index is 1320. The highest BCUT2D eigenvalue weighted by Crippen LogP contribution is 2.29. The summed E-state index contributed by atoms with van der Waals surface area (Å²) in [6, 6.07) is 13.8. The smallest absolute Gasteiger partial charge is 0.306 e. The third kappa shape index (κ3) is 7.20. The van der Waals surface area contributed by atoms with E-state index in [1.165, 1.54) is 11.1 Å². The molecule has 0 bridgehead atoms. The van der Waals surface area contributed by atoms with Crippen LogP contribution in [0.4, 0.5) is 0 Å². The lowest BCUT2D eigenvalue weighted by molar-refractivity contribution is -0.155. The standard InChI is InChI=1S/C30H36N4O4/c1-20(2)36-26-11-10-24(18-25(26)19-31)29-32-28(33-38-29)23-9-8-21-12-15-34(16-13-22(21)17-23)14-6-7-27(35)37-30(3,4)5/h8-11,17-18,20H,6-7,12-16H2,1-5H3. The zero-order chi connectivity index (χ0) is 27.3. The highest BCUT2D eigenvalue weighted by Gasteiger charge is 2.19. The third-order valence-corrected chi connectivity index (χ3v) is 6.27. The molecule has 200 valence electrons. The number of ether oxygens (including phenoxy) is 2. The quantitative estimate of drug-likeness (QED) is 0.357. The lowest BCUT2D eigenvalue weighted by Crippen LogP contribution is -2.29. The van der Waals surface area contributed by atoms with Gasteiger partial charge in [-0.3, -0.25) is 4.79 Å². The van der Waals surface area contributed by atoms with Crippen LogP contribution in [-0.4, -0.2) is 52.3 Å². The average Bonchev–Trinajstić information content (AvgIpc) is 3.26. The van der Waals surface area contributed by atoms with Crippen molar-refractivity contribution >= 4 is 5.97 Å². The molecule has 0 saturated carbocycles. The molecule has 0 radical (unpaired) electrons. The molecule has 0 aliphatic carbocycles. The maximum absolute atomic E-state index is 12.0. The number of nitriles is 1. The maximum Gasteiger partial charge on any atom is 0.306 e. The molecule has 1 aliphatic rings. The Hall–Kier alpha value is -3.70. The molecule has 0 N–H and O–H groups in total. The average molecular weight is 517 g/mol. The van der Waals surface area contributed by atoms with Crippen LogP contribution in [0.5, 0.6) is 5.75 Å². The number of hydrogen-bond donors (Lipinski definition) is 0. The van der Waals surface area contributed by atoms with Gasteiger partial charge in [0.2, 0.25) is 5.82 Å². The first-order valence-corrected chi connectivity index (χ1v) is 13.2. The summed E-state index contributed by atoms with van der Waals surface area (Å²) < 4.78 is 16.7. The van der Waals surface area contributed by atoms with E-state index < -0.39 is 5.60 Å². The van der Waals surface area contributed by atoms with Crippen molar-refractivity contribution in [3.8, 4) is 34.7 Å². The molecule has 38 heavy (non-hydrogen) atoms. The zero-order valence-corrected chi connectivity index (χ0v) is 22.9. The molecular formula is C30H36N4O4. The fraction of sp³-hybridized carbons (Fsp3) is 0.467. The minimum atomic E-state index is -0.439. The molecule has 0 spiro atoms. The van der Waals surface area contributed by atoms with Gasteiger partial charge in [0.15, 0.2) is 0 Å². The zero-order valence-electron chi connectivity index (χ0n) is 22.9. The molecule has 3 aromatic rings. The highest BCUT2D eigenvalue weighted by atomic mass is 16.6. The molecule has 0 fully saturated rings. The number of rotatable bonds is 8. The molecule has 0 unspecified atom stereocenters. The van der Waals surface area contributed by atoms with E-state index >= 15 is 0 Å². The molecule has 0 saturated heterocycles. The Morgan fingerprint density at radius 2 is 1.84 bits per heavy atom. The topological polar surface area (TPSA) is 101 Å². The van der Waals surface area contributed by atoms with Crippen molar-refractivity contribution in [3.05, 3.63) is 53.1 Å². The Morgan fingerprint density at radius 3 is 2.55 bits per heavy atom. The summed E-state index contributed by atoms with van der Waals surface area (Å²) in [5.41, 5.74) is 4.17. The summed E-state index contributed by atoms with van der Waals surface area (Å²) in [4.78, 5) is 19.0. The largest absolute Gasteiger partial charge is 0.490 e. The van der Waals surface area contributed by atoms with E-state index in [2.05, 4.69) is 33.2 Å². The summed E-state index contributed by atoms with van der Waals surface area (Å²) in [6.45, 7) is 12.3. The van der Waals surface area contributed by atoms with Crippen molar-refractivity contribution in [3.63, 3.8) is 0 Å². The fourth-order valence-corrected chi connectivity index (χ4v) is 4.54. The van der Waals surface area contributed by atoms with Gasteiger partial charge in [-0.2, -0.15) is 10.2 Å². The van der Waals surface area contributed by atoms with Gasteiger partial charge in [0.25, 0.3) is 5.89 Å². The maximum atomic E-state index is 12.0. The van der Waals surface area contributed by atoms with Crippen LogP contribution >= 0.6 is 0 Å². The highest BCUT2D eigenvalue weighted by molar-refractivity contribution is 5.69. The van der Waals surface area contributed by atoms with E-state index in [0.717, 1.165) is 44.5 Å². The van der Waals surface area contributed by atoms with Crippen LogP contribution in [-0.2, 0) is 22.4 Å². The molecule has 8 heteroatoms. The number of benzene rings is 2. The van der Waals surface area contributed by atoms with Gasteiger partial charge in [-0.1, -0.05) is 17.3 Å².